The van der Waals surface area contributed by atoms with Gasteiger partial charge in [-0.3, -0.25) is 4.98 Å². The average Bonchev–Trinajstić information content (AvgIpc) is 2.45. The Hall–Kier alpha value is -1.06. The van der Waals surface area contributed by atoms with E-state index in [4.69, 9.17) is 0 Å². The first-order valence-electron chi connectivity index (χ1n) is 6.83. The second-order valence-electron chi connectivity index (χ2n) is 4.90. The van der Waals surface area contributed by atoms with Crippen LogP contribution < -0.4 is 0 Å². The van der Waals surface area contributed by atoms with Gasteiger partial charge in [0.15, 0.2) is 0 Å². The van der Waals surface area contributed by atoms with E-state index >= 15 is 0 Å². The zero-order valence-electron chi connectivity index (χ0n) is 11.5. The number of nitrogens with zero attached hydrogens (tertiary/aromatic N) is 1. The highest BCUT2D eigenvalue weighted by Crippen LogP contribution is 2.20. The minimum atomic E-state index is -0.287. The van der Waals surface area contributed by atoms with Crippen LogP contribution in [0.2, 0.25) is 0 Å². The largest absolute Gasteiger partial charge is 0.392 e. The Labute approximate surface area is 119 Å². The number of fused-ring (bicyclic) bond motifs is 1. The van der Waals surface area contributed by atoms with Crippen LogP contribution in [0.5, 0.6) is 0 Å². The van der Waals surface area contributed by atoms with Crippen molar-refractivity contribution in [2.75, 3.05) is 5.75 Å². The highest BCUT2D eigenvalue weighted by Gasteiger charge is 2.10. The number of benzene rings is 1. The molecule has 2 unspecified atom stereocenters. The van der Waals surface area contributed by atoms with Crippen LogP contribution in [-0.2, 0) is 6.42 Å². The van der Waals surface area contributed by atoms with Crippen molar-refractivity contribution in [3.63, 3.8) is 0 Å². The molecule has 0 saturated carbocycles. The van der Waals surface area contributed by atoms with Crippen LogP contribution in [0.15, 0.2) is 36.5 Å². The van der Waals surface area contributed by atoms with E-state index in [1.807, 2.05) is 42.2 Å². The quantitative estimate of drug-likeness (QED) is 0.873. The number of hydrogen-bond donors (Lipinski definition) is 1. The van der Waals surface area contributed by atoms with Crippen molar-refractivity contribution in [1.82, 2.24) is 4.98 Å². The second kappa shape index (κ2) is 6.92. The number of aliphatic hydroxyl groups is 1. The Kier molecular flexibility index (Phi) is 5.23. The van der Waals surface area contributed by atoms with Crippen LogP contribution in [0.3, 0.4) is 0 Å². The number of thioether (sulfide) groups is 1. The smallest absolute Gasteiger partial charge is 0.0704 e. The first kappa shape index (κ1) is 14.4. The van der Waals surface area contributed by atoms with E-state index < -0.39 is 0 Å². The van der Waals surface area contributed by atoms with Crippen LogP contribution in [-0.4, -0.2) is 27.2 Å². The summed E-state index contributed by atoms with van der Waals surface area (Å²) in [4.78, 5) is 4.35. The number of aliphatic hydroxyl groups excluding tert-OH is 1. The standard InChI is InChI=1S/C16H21NOS/c1-3-12(2)19-11-14(18)10-13-8-9-17-16-7-5-4-6-15(13)16/h4-9,12,14,18H,3,10-11H2,1-2H3. The lowest BCUT2D eigenvalue weighted by molar-refractivity contribution is 0.200. The van der Waals surface area contributed by atoms with Gasteiger partial charge in [0.2, 0.25) is 0 Å². The van der Waals surface area contributed by atoms with Crippen LogP contribution in [0, 0.1) is 0 Å². The Morgan fingerprint density at radius 2 is 2.05 bits per heavy atom. The molecule has 2 atom stereocenters. The SMILES string of the molecule is CCC(C)SCC(O)Cc1ccnc2ccccc12. The maximum Gasteiger partial charge on any atom is 0.0704 e. The molecule has 0 bridgehead atoms. The van der Waals surface area contributed by atoms with Gasteiger partial charge in [0.05, 0.1) is 11.6 Å². The van der Waals surface area contributed by atoms with Gasteiger partial charge in [0, 0.05) is 22.6 Å². The number of para-hydroxylation sites is 1. The molecule has 0 fully saturated rings. The molecule has 0 aliphatic carbocycles. The molecule has 0 radical (unpaired) electrons. The average molecular weight is 275 g/mol. The predicted octanol–water partition coefficient (Wildman–Crippen LogP) is 3.67. The van der Waals surface area contributed by atoms with Gasteiger partial charge in [0.25, 0.3) is 0 Å². The lowest BCUT2D eigenvalue weighted by Gasteiger charge is -2.14. The molecular weight excluding hydrogens is 254 g/mol. The van der Waals surface area contributed by atoms with Gasteiger partial charge in [-0.25, -0.2) is 0 Å². The molecule has 2 rings (SSSR count). The molecule has 2 aromatic rings. The van der Waals surface area contributed by atoms with E-state index in [1.165, 1.54) is 5.56 Å². The van der Waals surface area contributed by atoms with Crippen LogP contribution in [0.25, 0.3) is 10.9 Å². The van der Waals surface area contributed by atoms with E-state index in [2.05, 4.69) is 24.9 Å². The van der Waals surface area contributed by atoms with Gasteiger partial charge >= 0.3 is 0 Å². The molecule has 0 saturated heterocycles. The molecule has 3 heteroatoms. The summed E-state index contributed by atoms with van der Waals surface area (Å²) in [6, 6.07) is 10.1. The summed E-state index contributed by atoms with van der Waals surface area (Å²) in [7, 11) is 0. The van der Waals surface area contributed by atoms with Gasteiger partial charge in [-0.05, 0) is 30.5 Å². The van der Waals surface area contributed by atoms with Crippen molar-refractivity contribution in [3.8, 4) is 0 Å². The minimum Gasteiger partial charge on any atom is -0.392 e. The van der Waals surface area contributed by atoms with Crippen LogP contribution in [0.4, 0.5) is 0 Å². The fourth-order valence-electron chi connectivity index (χ4n) is 2.04. The summed E-state index contributed by atoms with van der Waals surface area (Å²) >= 11 is 1.84. The highest BCUT2D eigenvalue weighted by atomic mass is 32.2. The van der Waals surface area contributed by atoms with Crippen molar-refractivity contribution >= 4 is 22.7 Å². The van der Waals surface area contributed by atoms with E-state index in [0.717, 1.165) is 23.1 Å². The minimum absolute atomic E-state index is 0.287. The van der Waals surface area contributed by atoms with E-state index in [-0.39, 0.29) is 6.10 Å². The second-order valence-corrected chi connectivity index (χ2v) is 6.37. The van der Waals surface area contributed by atoms with Crippen molar-refractivity contribution in [1.29, 1.82) is 0 Å². The number of rotatable bonds is 6. The fraction of sp³-hybridized carbons (Fsp3) is 0.438. The third-order valence-corrected chi connectivity index (χ3v) is 4.82. The van der Waals surface area contributed by atoms with Gasteiger partial charge in [-0.1, -0.05) is 32.0 Å². The molecule has 1 aromatic carbocycles. The molecule has 0 aliphatic rings. The lowest BCUT2D eigenvalue weighted by atomic mass is 10.0. The van der Waals surface area contributed by atoms with Crippen molar-refractivity contribution < 1.29 is 5.11 Å². The van der Waals surface area contributed by atoms with Gasteiger partial charge < -0.3 is 5.11 Å². The van der Waals surface area contributed by atoms with E-state index in [0.29, 0.717) is 11.7 Å². The zero-order valence-corrected chi connectivity index (χ0v) is 12.4. The molecular formula is C16H21NOS. The molecule has 0 aliphatic heterocycles. The molecule has 1 aromatic heterocycles. The normalized spacial score (nSPS) is 14.5. The molecule has 1 N–H and O–H groups in total. The zero-order chi connectivity index (χ0) is 13.7. The van der Waals surface area contributed by atoms with Gasteiger partial charge in [0.1, 0.15) is 0 Å². The number of hydrogen-bond acceptors (Lipinski definition) is 3. The van der Waals surface area contributed by atoms with E-state index in [9.17, 15) is 5.11 Å². The lowest BCUT2D eigenvalue weighted by Crippen LogP contribution is -2.15. The summed E-state index contributed by atoms with van der Waals surface area (Å²) in [6.45, 7) is 4.39. The third-order valence-electron chi connectivity index (χ3n) is 3.34. The summed E-state index contributed by atoms with van der Waals surface area (Å²) in [5.41, 5.74) is 2.18. The maximum absolute atomic E-state index is 10.2. The Morgan fingerprint density at radius 3 is 2.84 bits per heavy atom. The van der Waals surface area contributed by atoms with Crippen molar-refractivity contribution in [3.05, 3.63) is 42.1 Å². The summed E-state index contributed by atoms with van der Waals surface area (Å²) in [6.07, 6.45) is 3.39. The van der Waals surface area contributed by atoms with Crippen molar-refractivity contribution in [2.24, 2.45) is 0 Å². The molecule has 0 spiro atoms. The molecule has 2 nitrogen and oxygen atoms in total. The molecule has 102 valence electrons. The number of aromatic nitrogens is 1. The molecule has 19 heavy (non-hydrogen) atoms. The van der Waals surface area contributed by atoms with Crippen molar-refractivity contribution in [2.45, 2.75) is 38.0 Å². The topological polar surface area (TPSA) is 33.1 Å². The highest BCUT2D eigenvalue weighted by molar-refractivity contribution is 7.99. The summed E-state index contributed by atoms with van der Waals surface area (Å²) < 4.78 is 0. The Bertz CT molecular complexity index is 524. The maximum atomic E-state index is 10.2. The van der Waals surface area contributed by atoms with Crippen LogP contribution in [0.1, 0.15) is 25.8 Å². The molecule has 0 amide bonds. The number of pyridine rings is 1. The van der Waals surface area contributed by atoms with Crippen LogP contribution >= 0.6 is 11.8 Å². The monoisotopic (exact) mass is 275 g/mol. The fourth-order valence-corrected chi connectivity index (χ4v) is 2.94. The predicted molar refractivity (Wildman–Crippen MR) is 83.7 cm³/mol. The Morgan fingerprint density at radius 1 is 1.26 bits per heavy atom. The third kappa shape index (κ3) is 3.95. The first-order valence-corrected chi connectivity index (χ1v) is 7.88. The van der Waals surface area contributed by atoms with E-state index in [1.54, 1.807) is 0 Å². The summed E-state index contributed by atoms with van der Waals surface area (Å²) in [5, 5.41) is 11.9. The van der Waals surface area contributed by atoms with Gasteiger partial charge in [-0.2, -0.15) is 11.8 Å². The summed E-state index contributed by atoms with van der Waals surface area (Å²) in [5.74, 6) is 0.797. The van der Waals surface area contributed by atoms with Gasteiger partial charge in [-0.15, -0.1) is 0 Å². The first-order chi connectivity index (χ1) is 9.20. The molecule has 1 heterocycles. The Balaban J connectivity index is 2.04.